The maximum atomic E-state index is 13.5. The second-order valence-corrected chi connectivity index (χ2v) is 8.91. The lowest BCUT2D eigenvalue weighted by Crippen LogP contribution is -2.53. The van der Waals surface area contributed by atoms with Crippen molar-refractivity contribution in [2.24, 2.45) is 10.8 Å². The number of carbonyl (C=O) groups excluding carboxylic acids is 3. The van der Waals surface area contributed by atoms with E-state index in [1.807, 2.05) is 16.7 Å². The van der Waals surface area contributed by atoms with Crippen molar-refractivity contribution in [3.63, 3.8) is 0 Å². The van der Waals surface area contributed by atoms with Crippen LogP contribution in [0.3, 0.4) is 0 Å². The summed E-state index contributed by atoms with van der Waals surface area (Å²) in [5.41, 5.74) is -0.497. The molecule has 1 aromatic heterocycles. The first kappa shape index (κ1) is 20.6. The van der Waals surface area contributed by atoms with Crippen LogP contribution in [0.15, 0.2) is 18.6 Å². The van der Waals surface area contributed by atoms with Crippen molar-refractivity contribution in [1.29, 1.82) is 0 Å². The maximum absolute atomic E-state index is 13.5. The Kier molecular flexibility index (Phi) is 5.15. The quantitative estimate of drug-likeness (QED) is 0.718. The Morgan fingerprint density at radius 2 is 1.80 bits per heavy atom. The molecule has 2 spiro atoms. The second-order valence-electron chi connectivity index (χ2n) is 8.91. The maximum Gasteiger partial charge on any atom is 0.319 e. The average Bonchev–Trinajstić information content (AvgIpc) is 3.26. The molecule has 0 bridgehead atoms. The fourth-order valence-electron chi connectivity index (χ4n) is 5.61. The number of aromatic nitrogens is 2. The van der Waals surface area contributed by atoms with Gasteiger partial charge in [-0.25, -0.2) is 9.78 Å². The number of amides is 4. The third-order valence-electron chi connectivity index (χ3n) is 7.30. The summed E-state index contributed by atoms with van der Waals surface area (Å²) >= 11 is 0. The molecule has 9 heteroatoms. The summed E-state index contributed by atoms with van der Waals surface area (Å²) in [6.07, 6.45) is 6.74. The van der Waals surface area contributed by atoms with Gasteiger partial charge in [-0.15, -0.1) is 0 Å². The summed E-state index contributed by atoms with van der Waals surface area (Å²) in [6.45, 7) is 5.58. The molecule has 4 heterocycles. The number of nitrogens with zero attached hydrogens (tertiary/aromatic N) is 6. The van der Waals surface area contributed by atoms with Crippen LogP contribution < -0.4 is 0 Å². The molecule has 0 saturated carbocycles. The molecule has 9 nitrogen and oxygen atoms in total. The molecule has 0 aliphatic carbocycles. The van der Waals surface area contributed by atoms with Crippen molar-refractivity contribution in [3.8, 4) is 0 Å². The molecule has 3 aliphatic heterocycles. The molecule has 3 aliphatic rings. The lowest BCUT2D eigenvalue weighted by Gasteiger charge is -2.46. The van der Waals surface area contributed by atoms with E-state index in [2.05, 4.69) is 9.97 Å². The van der Waals surface area contributed by atoms with E-state index >= 15 is 0 Å². The molecule has 4 rings (SSSR count). The van der Waals surface area contributed by atoms with Crippen molar-refractivity contribution >= 4 is 17.8 Å². The van der Waals surface area contributed by atoms with Crippen LogP contribution in [-0.2, 0) is 4.79 Å². The van der Waals surface area contributed by atoms with Crippen molar-refractivity contribution in [2.45, 2.75) is 26.2 Å². The van der Waals surface area contributed by atoms with Crippen LogP contribution in [0.2, 0.25) is 0 Å². The molecule has 3 saturated heterocycles. The minimum atomic E-state index is -0.545. The van der Waals surface area contributed by atoms with Gasteiger partial charge in [-0.1, -0.05) is 0 Å². The molecule has 4 amide bonds. The molecular formula is C21H30N6O3. The third kappa shape index (κ3) is 3.02. The van der Waals surface area contributed by atoms with E-state index in [1.54, 1.807) is 30.1 Å². The van der Waals surface area contributed by atoms with Crippen molar-refractivity contribution in [2.75, 3.05) is 53.4 Å². The van der Waals surface area contributed by atoms with E-state index < -0.39 is 5.41 Å². The number of carbonyl (C=O) groups is 3. The number of likely N-dealkylation sites (tertiary alicyclic amines) is 3. The van der Waals surface area contributed by atoms with E-state index in [-0.39, 0.29) is 23.3 Å². The SMILES string of the molecule is CCN1CC[C@@]2(CN(C(=O)N(C)C)CC23CCN(C(=O)c2cnccn2)CC3)C1=O. The predicted octanol–water partition coefficient (Wildman–Crippen LogP) is 0.935. The van der Waals surface area contributed by atoms with Gasteiger partial charge in [0, 0.05) is 71.2 Å². The van der Waals surface area contributed by atoms with Crippen LogP contribution in [0.25, 0.3) is 0 Å². The van der Waals surface area contributed by atoms with Crippen LogP contribution in [0.1, 0.15) is 36.7 Å². The summed E-state index contributed by atoms with van der Waals surface area (Å²) in [6, 6.07) is -0.0490. The Hall–Kier alpha value is -2.71. The summed E-state index contributed by atoms with van der Waals surface area (Å²) in [7, 11) is 3.49. The Balaban J connectivity index is 1.58. The Labute approximate surface area is 177 Å². The molecule has 0 unspecified atom stereocenters. The summed E-state index contributed by atoms with van der Waals surface area (Å²) in [5.74, 6) is 0.0481. The molecule has 30 heavy (non-hydrogen) atoms. The highest BCUT2D eigenvalue weighted by Crippen LogP contribution is 2.58. The van der Waals surface area contributed by atoms with Gasteiger partial charge in [0.2, 0.25) is 5.91 Å². The normalized spacial score (nSPS) is 25.4. The van der Waals surface area contributed by atoms with E-state index in [4.69, 9.17) is 0 Å². The number of hydrogen-bond acceptors (Lipinski definition) is 5. The van der Waals surface area contributed by atoms with Crippen molar-refractivity contribution < 1.29 is 14.4 Å². The minimum Gasteiger partial charge on any atom is -0.342 e. The van der Waals surface area contributed by atoms with Crippen LogP contribution >= 0.6 is 0 Å². The fourth-order valence-corrected chi connectivity index (χ4v) is 5.61. The van der Waals surface area contributed by atoms with Gasteiger partial charge in [0.25, 0.3) is 5.91 Å². The Bertz CT molecular complexity index is 836. The molecule has 0 aromatic carbocycles. The van der Waals surface area contributed by atoms with E-state index in [1.165, 1.54) is 12.4 Å². The highest BCUT2D eigenvalue weighted by Gasteiger charge is 2.66. The Morgan fingerprint density at radius 1 is 1.07 bits per heavy atom. The average molecular weight is 415 g/mol. The molecule has 1 atom stereocenters. The van der Waals surface area contributed by atoms with E-state index in [9.17, 15) is 14.4 Å². The zero-order valence-electron chi connectivity index (χ0n) is 18.0. The smallest absolute Gasteiger partial charge is 0.319 e. The monoisotopic (exact) mass is 414 g/mol. The van der Waals surface area contributed by atoms with Crippen LogP contribution in [0.5, 0.6) is 0 Å². The molecule has 162 valence electrons. The minimum absolute atomic E-state index is 0.0490. The summed E-state index contributed by atoms with van der Waals surface area (Å²) < 4.78 is 0. The molecular weight excluding hydrogens is 384 g/mol. The molecule has 3 fully saturated rings. The predicted molar refractivity (Wildman–Crippen MR) is 110 cm³/mol. The first-order valence-electron chi connectivity index (χ1n) is 10.6. The van der Waals surface area contributed by atoms with Gasteiger partial charge in [0.05, 0.1) is 11.6 Å². The van der Waals surface area contributed by atoms with Gasteiger partial charge < -0.3 is 19.6 Å². The van der Waals surface area contributed by atoms with Crippen molar-refractivity contribution in [3.05, 3.63) is 24.3 Å². The second kappa shape index (κ2) is 7.52. The van der Waals surface area contributed by atoms with Gasteiger partial charge in [0.15, 0.2) is 0 Å². The zero-order valence-corrected chi connectivity index (χ0v) is 18.0. The van der Waals surface area contributed by atoms with E-state index in [0.717, 1.165) is 13.0 Å². The Morgan fingerprint density at radius 3 is 2.37 bits per heavy atom. The number of piperidine rings is 1. The first-order chi connectivity index (χ1) is 14.3. The van der Waals surface area contributed by atoms with Crippen LogP contribution in [-0.4, -0.2) is 101 Å². The first-order valence-corrected chi connectivity index (χ1v) is 10.6. The topological polar surface area (TPSA) is 89.9 Å². The zero-order chi connectivity index (χ0) is 21.5. The lowest BCUT2D eigenvalue weighted by molar-refractivity contribution is -0.141. The summed E-state index contributed by atoms with van der Waals surface area (Å²) in [5, 5.41) is 0. The fraction of sp³-hybridized carbons (Fsp3) is 0.667. The molecule has 0 radical (unpaired) electrons. The van der Waals surface area contributed by atoms with Gasteiger partial charge in [0.1, 0.15) is 5.69 Å². The number of urea groups is 1. The lowest BCUT2D eigenvalue weighted by atomic mass is 9.60. The van der Waals surface area contributed by atoms with Gasteiger partial charge >= 0.3 is 6.03 Å². The van der Waals surface area contributed by atoms with Gasteiger partial charge in [-0.2, -0.15) is 0 Å². The number of fused-ring (bicyclic) bond motifs is 1. The number of rotatable bonds is 2. The number of hydrogen-bond donors (Lipinski definition) is 0. The molecule has 1 aromatic rings. The highest BCUT2D eigenvalue weighted by atomic mass is 16.2. The largest absolute Gasteiger partial charge is 0.342 e. The van der Waals surface area contributed by atoms with Gasteiger partial charge in [-0.05, 0) is 26.2 Å². The van der Waals surface area contributed by atoms with E-state index in [0.29, 0.717) is 51.3 Å². The molecule has 0 N–H and O–H groups in total. The van der Waals surface area contributed by atoms with Crippen LogP contribution in [0, 0.1) is 10.8 Å². The van der Waals surface area contributed by atoms with Gasteiger partial charge in [-0.3, -0.25) is 14.6 Å². The summed E-state index contributed by atoms with van der Waals surface area (Å²) in [4.78, 5) is 54.3. The van der Waals surface area contributed by atoms with Crippen molar-refractivity contribution in [1.82, 2.24) is 29.6 Å². The standard InChI is InChI=1S/C21H30N6O3/c1-4-25-12-7-21(18(25)29)15-27(19(30)24(2)3)14-20(21)5-10-26(11-6-20)17(28)16-13-22-8-9-23-16/h8-9,13H,4-7,10-12,14-15H2,1-3H3/t21-/m1/s1. The van der Waals surface area contributed by atoms with Crippen LogP contribution in [0.4, 0.5) is 4.79 Å². The third-order valence-corrected chi connectivity index (χ3v) is 7.30. The highest BCUT2D eigenvalue weighted by molar-refractivity contribution is 5.92.